The Balaban J connectivity index is 2.04. The number of hydrogen-bond acceptors (Lipinski definition) is 4. The van der Waals surface area contributed by atoms with Crippen molar-refractivity contribution in [1.82, 2.24) is 4.31 Å². The van der Waals surface area contributed by atoms with Gasteiger partial charge in [0.2, 0.25) is 5.78 Å². The molecule has 0 radical (unpaired) electrons. The van der Waals surface area contributed by atoms with Crippen molar-refractivity contribution in [3.63, 3.8) is 0 Å². The van der Waals surface area contributed by atoms with Crippen LogP contribution in [-0.2, 0) is 5.41 Å². The molecule has 16 heavy (non-hydrogen) atoms. The third-order valence-corrected chi connectivity index (χ3v) is 4.53. The van der Waals surface area contributed by atoms with Crippen molar-refractivity contribution in [2.45, 2.75) is 18.8 Å². The molecule has 0 bridgehead atoms. The van der Waals surface area contributed by atoms with Gasteiger partial charge in [-0.15, -0.1) is 0 Å². The number of piperidine rings is 1. The summed E-state index contributed by atoms with van der Waals surface area (Å²) < 4.78 is 7.31. The van der Waals surface area contributed by atoms with Gasteiger partial charge in [-0.2, -0.15) is 0 Å². The molecule has 1 aromatic rings. The number of fused-ring (bicyclic) bond motifs is 1. The third kappa shape index (κ3) is 0.755. The maximum atomic E-state index is 11.9. The van der Waals surface area contributed by atoms with E-state index in [1.807, 2.05) is 11.2 Å². The molecule has 3 aliphatic rings. The summed E-state index contributed by atoms with van der Waals surface area (Å²) in [7, 11) is 0. The molecule has 82 valence electrons. The Kier molecular flexibility index (Phi) is 1.34. The Bertz CT molecular complexity index is 559. The van der Waals surface area contributed by atoms with Crippen molar-refractivity contribution < 1.29 is 9.21 Å². The maximum absolute atomic E-state index is 11.9. The first kappa shape index (κ1) is 8.93. The lowest BCUT2D eigenvalue weighted by Crippen LogP contribution is -2.23. The molecular formula is C12H11NO2S. The molecule has 1 aliphatic heterocycles. The number of rotatable bonds is 0. The van der Waals surface area contributed by atoms with Gasteiger partial charge in [0.05, 0.1) is 6.26 Å². The zero-order valence-corrected chi connectivity index (χ0v) is 9.75. The van der Waals surface area contributed by atoms with Crippen molar-refractivity contribution in [2.75, 3.05) is 6.54 Å². The molecule has 0 amide bonds. The van der Waals surface area contributed by atoms with E-state index in [1.54, 1.807) is 12.3 Å². The number of thiol groups is 1. The second kappa shape index (κ2) is 2.40. The van der Waals surface area contributed by atoms with Crippen LogP contribution in [0.15, 0.2) is 22.5 Å². The number of aryl methyl sites for hydroxylation is 1. The van der Waals surface area contributed by atoms with E-state index in [2.05, 4.69) is 12.8 Å². The molecule has 0 aromatic carbocycles. The van der Waals surface area contributed by atoms with Crippen LogP contribution in [0.25, 0.3) is 0 Å². The van der Waals surface area contributed by atoms with Crippen molar-refractivity contribution in [3.05, 3.63) is 34.9 Å². The van der Waals surface area contributed by atoms with Crippen molar-refractivity contribution in [3.8, 4) is 0 Å². The Morgan fingerprint density at radius 1 is 1.62 bits per heavy atom. The second-order valence-electron chi connectivity index (χ2n) is 4.97. The van der Waals surface area contributed by atoms with Gasteiger partial charge in [-0.25, -0.2) is 0 Å². The van der Waals surface area contributed by atoms with Gasteiger partial charge >= 0.3 is 0 Å². The number of nitrogens with zero attached hydrogens (tertiary/aromatic N) is 1. The van der Waals surface area contributed by atoms with E-state index in [-0.39, 0.29) is 11.2 Å². The number of ketones is 1. The Morgan fingerprint density at radius 2 is 2.44 bits per heavy atom. The van der Waals surface area contributed by atoms with Gasteiger partial charge in [0, 0.05) is 29.3 Å². The van der Waals surface area contributed by atoms with Crippen molar-refractivity contribution >= 4 is 18.6 Å². The molecule has 3 nitrogen and oxygen atoms in total. The van der Waals surface area contributed by atoms with Crippen molar-refractivity contribution in [2.24, 2.45) is 5.92 Å². The maximum Gasteiger partial charge on any atom is 0.223 e. The second-order valence-corrected chi connectivity index (χ2v) is 5.45. The van der Waals surface area contributed by atoms with Crippen LogP contribution in [0.4, 0.5) is 0 Å². The van der Waals surface area contributed by atoms with E-state index in [1.165, 1.54) is 0 Å². The summed E-state index contributed by atoms with van der Waals surface area (Å²) in [6.07, 6.45) is 4.53. The largest absolute Gasteiger partial charge is 0.460 e. The zero-order chi connectivity index (χ0) is 11.1. The summed E-state index contributed by atoms with van der Waals surface area (Å²) >= 11 is 4.43. The highest BCUT2D eigenvalue weighted by molar-refractivity contribution is 7.77. The van der Waals surface area contributed by atoms with E-state index >= 15 is 0 Å². The molecular weight excluding hydrogens is 222 g/mol. The fourth-order valence-corrected chi connectivity index (χ4v) is 3.84. The molecule has 1 aromatic heterocycles. The first-order chi connectivity index (χ1) is 7.64. The number of hydrogen-bond donors (Lipinski definition) is 1. The van der Waals surface area contributed by atoms with Crippen LogP contribution >= 0.6 is 12.8 Å². The molecule has 4 rings (SSSR count). The smallest absolute Gasteiger partial charge is 0.223 e. The summed E-state index contributed by atoms with van der Waals surface area (Å²) in [5, 5.41) is 0. The quantitative estimate of drug-likeness (QED) is 0.697. The summed E-state index contributed by atoms with van der Waals surface area (Å²) in [6, 6.07) is 0. The predicted octanol–water partition coefficient (Wildman–Crippen LogP) is 2.09. The predicted molar refractivity (Wildman–Crippen MR) is 61.3 cm³/mol. The normalized spacial score (nSPS) is 34.4. The van der Waals surface area contributed by atoms with Gasteiger partial charge in [0.15, 0.2) is 5.76 Å². The highest BCUT2D eigenvalue weighted by atomic mass is 32.1. The molecule has 2 atom stereocenters. The lowest BCUT2D eigenvalue weighted by molar-refractivity contribution is 0.101. The van der Waals surface area contributed by atoms with E-state index in [9.17, 15) is 4.79 Å². The highest BCUT2D eigenvalue weighted by Gasteiger charge is 2.67. The molecule has 2 fully saturated rings. The minimum absolute atomic E-state index is 0.0182. The monoisotopic (exact) mass is 233 g/mol. The van der Waals surface area contributed by atoms with Crippen LogP contribution in [0.1, 0.15) is 28.1 Å². The van der Waals surface area contributed by atoms with Gasteiger partial charge in [-0.1, -0.05) is 12.8 Å². The van der Waals surface area contributed by atoms with Gasteiger partial charge in [0.1, 0.15) is 0 Å². The summed E-state index contributed by atoms with van der Waals surface area (Å²) in [6.45, 7) is 2.95. The Morgan fingerprint density at radius 3 is 3.25 bits per heavy atom. The van der Waals surface area contributed by atoms with Crippen molar-refractivity contribution in [1.29, 1.82) is 0 Å². The SMILES string of the molecule is Cc1coc2c1C13CC1CN(S)C3=CC2=O. The van der Waals surface area contributed by atoms with Gasteiger partial charge < -0.3 is 8.72 Å². The summed E-state index contributed by atoms with van der Waals surface area (Å²) in [4.78, 5) is 11.9. The standard InChI is InChI=1S/C12H11NO2S/c1-6-5-15-11-8(14)2-9-12(10(6)11)3-7(12)4-13(9)16/h2,5,7,16H,3-4H2,1H3. The Labute approximate surface area is 98.6 Å². The number of furan rings is 1. The van der Waals surface area contributed by atoms with Crippen LogP contribution in [0.3, 0.4) is 0 Å². The minimum Gasteiger partial charge on any atom is -0.460 e. The summed E-state index contributed by atoms with van der Waals surface area (Å²) in [5.41, 5.74) is 3.35. The van der Waals surface area contributed by atoms with Crippen LogP contribution in [0.2, 0.25) is 0 Å². The van der Waals surface area contributed by atoms with Crippen LogP contribution in [-0.4, -0.2) is 16.6 Å². The number of allylic oxidation sites excluding steroid dienone is 2. The number of carbonyl (C=O) groups excluding carboxylic acids is 1. The molecule has 1 spiro atoms. The lowest BCUT2D eigenvalue weighted by atomic mass is 9.84. The zero-order valence-electron chi connectivity index (χ0n) is 8.86. The van der Waals surface area contributed by atoms with Gasteiger partial charge in [0.25, 0.3) is 0 Å². The first-order valence-electron chi connectivity index (χ1n) is 5.46. The van der Waals surface area contributed by atoms with Crippen LogP contribution in [0, 0.1) is 12.8 Å². The van der Waals surface area contributed by atoms with E-state index in [0.717, 1.165) is 29.8 Å². The topological polar surface area (TPSA) is 33.5 Å². The number of carbonyl (C=O) groups is 1. The van der Waals surface area contributed by atoms with E-state index in [4.69, 9.17) is 4.42 Å². The molecule has 2 heterocycles. The lowest BCUT2D eigenvalue weighted by Gasteiger charge is -2.24. The molecule has 0 N–H and O–H groups in total. The average molecular weight is 233 g/mol. The third-order valence-electron chi connectivity index (χ3n) is 4.15. The van der Waals surface area contributed by atoms with E-state index in [0.29, 0.717) is 11.7 Å². The molecule has 1 saturated heterocycles. The molecule has 2 unspecified atom stereocenters. The summed E-state index contributed by atoms with van der Waals surface area (Å²) in [5.74, 6) is 1.14. The van der Waals surface area contributed by atoms with Crippen LogP contribution < -0.4 is 0 Å². The molecule has 2 aliphatic carbocycles. The minimum atomic E-state index is -0.0182. The first-order valence-corrected chi connectivity index (χ1v) is 5.86. The Hall–Kier alpha value is -1.16. The van der Waals surface area contributed by atoms with E-state index < -0.39 is 0 Å². The van der Waals surface area contributed by atoms with Gasteiger partial charge in [-0.05, 0) is 24.8 Å². The molecule has 4 heteroatoms. The fraction of sp³-hybridized carbons (Fsp3) is 0.417. The van der Waals surface area contributed by atoms with Gasteiger partial charge in [-0.3, -0.25) is 4.79 Å². The fourth-order valence-electron chi connectivity index (χ4n) is 3.41. The molecule has 1 saturated carbocycles. The highest BCUT2D eigenvalue weighted by Crippen LogP contribution is 2.67. The van der Waals surface area contributed by atoms with Crippen LogP contribution in [0.5, 0.6) is 0 Å². The average Bonchev–Trinajstić information content (AvgIpc) is 2.64.